The van der Waals surface area contributed by atoms with Gasteiger partial charge in [-0.3, -0.25) is 14.9 Å². The molecule has 2 aromatic rings. The van der Waals surface area contributed by atoms with E-state index in [4.69, 9.17) is 9.47 Å². The van der Waals surface area contributed by atoms with Gasteiger partial charge in [0.05, 0.1) is 24.2 Å². The summed E-state index contributed by atoms with van der Waals surface area (Å²) < 4.78 is 10.7. The summed E-state index contributed by atoms with van der Waals surface area (Å²) in [6, 6.07) is 6.58. The number of phenolic OH excluding ortho intramolecular Hbond substituents is 1. The van der Waals surface area contributed by atoms with Crippen LogP contribution in [-0.2, 0) is 14.3 Å². The summed E-state index contributed by atoms with van der Waals surface area (Å²) in [5, 5.41) is 27.3. The van der Waals surface area contributed by atoms with Crippen LogP contribution < -0.4 is 10.1 Å². The largest absolute Gasteiger partial charge is 0.500 e. The van der Waals surface area contributed by atoms with Crippen LogP contribution in [-0.4, -0.2) is 35.5 Å². The highest BCUT2D eigenvalue weighted by molar-refractivity contribution is 7.10. The van der Waals surface area contributed by atoms with Gasteiger partial charge in [-0.15, -0.1) is 11.3 Å². The Morgan fingerprint density at radius 2 is 2.08 bits per heavy atom. The third kappa shape index (κ3) is 4.73. The first-order chi connectivity index (χ1) is 17.1. The Balaban J connectivity index is 1.88. The Hall–Kier alpha value is -3.66. The number of methoxy groups -OCH3 is 1. The summed E-state index contributed by atoms with van der Waals surface area (Å²) in [6.07, 6.45) is 0.809. The van der Waals surface area contributed by atoms with E-state index in [1.807, 2.05) is 31.4 Å². The molecule has 9 nitrogen and oxygen atoms in total. The van der Waals surface area contributed by atoms with Crippen LogP contribution in [0.5, 0.6) is 11.5 Å². The Kier molecular flexibility index (Phi) is 7.16. The molecule has 2 atom stereocenters. The number of hydrogen-bond donors (Lipinski definition) is 2. The molecule has 4 rings (SSSR count). The second-order valence-electron chi connectivity index (χ2n) is 9.37. The van der Waals surface area contributed by atoms with Crippen LogP contribution in [0.1, 0.15) is 55.9 Å². The number of esters is 1. The number of phenols is 1. The fraction of sp³-hybridized carbons (Fsp3) is 0.385. The normalized spacial score (nSPS) is 19.8. The molecule has 2 heterocycles. The van der Waals surface area contributed by atoms with Crippen molar-refractivity contribution in [3.8, 4) is 11.5 Å². The molecule has 10 heteroatoms. The number of dihydropyridines is 1. The van der Waals surface area contributed by atoms with E-state index in [-0.39, 0.29) is 42.0 Å². The molecule has 1 aromatic carbocycles. The Bertz CT molecular complexity index is 1280. The zero-order valence-electron chi connectivity index (χ0n) is 20.5. The number of ether oxygens (including phenoxy) is 2. The first kappa shape index (κ1) is 25.4. The van der Waals surface area contributed by atoms with E-state index >= 15 is 0 Å². The van der Waals surface area contributed by atoms with E-state index in [0.717, 1.165) is 4.88 Å². The van der Waals surface area contributed by atoms with Gasteiger partial charge in [0.25, 0.3) is 0 Å². The van der Waals surface area contributed by atoms with Crippen LogP contribution in [0, 0.1) is 16.0 Å². The van der Waals surface area contributed by atoms with Crippen LogP contribution >= 0.6 is 11.3 Å². The molecule has 0 unspecified atom stereocenters. The lowest BCUT2D eigenvalue weighted by atomic mass is 9.72. The molecule has 36 heavy (non-hydrogen) atoms. The van der Waals surface area contributed by atoms with Gasteiger partial charge in [-0.25, -0.2) is 4.79 Å². The number of carbonyl (C=O) groups excluding carboxylic acids is 2. The molecule has 0 amide bonds. The maximum atomic E-state index is 13.6. The van der Waals surface area contributed by atoms with Gasteiger partial charge in [-0.05, 0) is 42.3 Å². The number of nitrogens with one attached hydrogen (secondary N) is 1. The van der Waals surface area contributed by atoms with Crippen molar-refractivity contribution in [3.63, 3.8) is 0 Å². The molecule has 1 aromatic heterocycles. The average molecular weight is 513 g/mol. The lowest BCUT2D eigenvalue weighted by Crippen LogP contribution is -2.36. The number of nitrogens with zero attached hydrogens (tertiary/aromatic N) is 1. The molecular formula is C26H28N2O7S. The zero-order valence-corrected chi connectivity index (χ0v) is 21.3. The smallest absolute Gasteiger partial charge is 0.336 e. The van der Waals surface area contributed by atoms with Crippen molar-refractivity contribution in [1.29, 1.82) is 0 Å². The summed E-state index contributed by atoms with van der Waals surface area (Å²) in [5.74, 6) is -2.31. The number of allylic oxidation sites excluding steroid dienone is 3. The second kappa shape index (κ2) is 10.1. The van der Waals surface area contributed by atoms with Gasteiger partial charge in [-0.1, -0.05) is 19.9 Å². The predicted octanol–water partition coefficient (Wildman–Crippen LogP) is 4.93. The standard InChI is InChI=1S/C26H28N2O7S/c1-13(2)12-35-26(31)22-14(3)27-17-8-15(21-6-5-7-36-21)10-19(29)24(17)23(22)16-9-18(28(32)33)25(30)20(11-16)34-4/h5-7,9,11,13,15,23,27,30H,8,10,12H2,1-4H3/t15-,23-/m0/s1. The van der Waals surface area contributed by atoms with Crippen LogP contribution in [0.15, 0.2) is 52.2 Å². The second-order valence-corrected chi connectivity index (χ2v) is 10.4. The van der Waals surface area contributed by atoms with E-state index in [9.17, 15) is 24.8 Å². The highest BCUT2D eigenvalue weighted by Gasteiger charge is 2.42. The van der Waals surface area contributed by atoms with Crippen LogP contribution in [0.2, 0.25) is 0 Å². The molecule has 0 spiro atoms. The van der Waals surface area contributed by atoms with Crippen molar-refractivity contribution in [3.05, 3.63) is 72.7 Å². The summed E-state index contributed by atoms with van der Waals surface area (Å²) in [4.78, 5) is 39.0. The molecule has 2 aliphatic rings. The van der Waals surface area contributed by atoms with Crippen LogP contribution in [0.25, 0.3) is 0 Å². The van der Waals surface area contributed by atoms with Crippen molar-refractivity contribution in [2.45, 2.75) is 45.4 Å². The summed E-state index contributed by atoms with van der Waals surface area (Å²) >= 11 is 1.59. The number of benzene rings is 1. The summed E-state index contributed by atoms with van der Waals surface area (Å²) in [5.41, 5.74) is 1.51. The minimum absolute atomic E-state index is 0.00432. The van der Waals surface area contributed by atoms with E-state index in [1.165, 1.54) is 19.2 Å². The van der Waals surface area contributed by atoms with Gasteiger partial charge >= 0.3 is 11.7 Å². The maximum Gasteiger partial charge on any atom is 0.336 e. The van der Waals surface area contributed by atoms with Gasteiger partial charge in [0.15, 0.2) is 11.5 Å². The van der Waals surface area contributed by atoms with Gasteiger partial charge in [0.2, 0.25) is 5.75 Å². The molecule has 0 fully saturated rings. The summed E-state index contributed by atoms with van der Waals surface area (Å²) in [7, 11) is 1.28. The zero-order chi connectivity index (χ0) is 26.1. The number of aromatic hydroxyl groups is 1. The van der Waals surface area contributed by atoms with Crippen molar-refractivity contribution in [2.75, 3.05) is 13.7 Å². The lowest BCUT2D eigenvalue weighted by molar-refractivity contribution is -0.386. The Morgan fingerprint density at radius 3 is 2.69 bits per heavy atom. The van der Waals surface area contributed by atoms with Crippen molar-refractivity contribution in [1.82, 2.24) is 5.32 Å². The molecule has 0 saturated carbocycles. The Morgan fingerprint density at radius 1 is 1.33 bits per heavy atom. The van der Waals surface area contributed by atoms with E-state index in [1.54, 1.807) is 18.3 Å². The lowest BCUT2D eigenvalue weighted by Gasteiger charge is -2.36. The van der Waals surface area contributed by atoms with E-state index in [2.05, 4.69) is 5.32 Å². The van der Waals surface area contributed by atoms with Crippen molar-refractivity contribution in [2.24, 2.45) is 5.92 Å². The molecule has 0 saturated heterocycles. The van der Waals surface area contributed by atoms with E-state index in [0.29, 0.717) is 29.0 Å². The van der Waals surface area contributed by atoms with Crippen molar-refractivity contribution >= 4 is 28.8 Å². The predicted molar refractivity (Wildman–Crippen MR) is 134 cm³/mol. The molecule has 0 radical (unpaired) electrons. The highest BCUT2D eigenvalue weighted by Crippen LogP contribution is 2.49. The molecule has 2 N–H and O–H groups in total. The Labute approximate surface area is 212 Å². The quantitative estimate of drug-likeness (QED) is 0.304. The first-order valence-corrected chi connectivity index (χ1v) is 12.5. The van der Waals surface area contributed by atoms with Gasteiger partial charge < -0.3 is 19.9 Å². The SMILES string of the molecule is COc1cc([C@H]2C(C(=O)OCC(C)C)=C(C)NC3=C2C(=O)C[C@@H](c2cccs2)C3)cc([N+](=O)[O-])c1O. The van der Waals surface area contributed by atoms with E-state index < -0.39 is 28.2 Å². The van der Waals surface area contributed by atoms with Gasteiger partial charge in [-0.2, -0.15) is 0 Å². The summed E-state index contributed by atoms with van der Waals surface area (Å²) in [6.45, 7) is 5.74. The number of thiophene rings is 1. The molecular weight excluding hydrogens is 484 g/mol. The third-order valence-electron chi connectivity index (χ3n) is 6.37. The van der Waals surface area contributed by atoms with Crippen LogP contribution in [0.4, 0.5) is 5.69 Å². The number of nitro benzene ring substituents is 1. The number of carbonyl (C=O) groups is 2. The minimum Gasteiger partial charge on any atom is -0.500 e. The number of nitro groups is 1. The first-order valence-electron chi connectivity index (χ1n) is 11.6. The highest BCUT2D eigenvalue weighted by atomic mass is 32.1. The van der Waals surface area contributed by atoms with Crippen molar-refractivity contribution < 1.29 is 29.1 Å². The monoisotopic (exact) mass is 512 g/mol. The number of rotatable bonds is 7. The molecule has 0 bridgehead atoms. The van der Waals surface area contributed by atoms with Gasteiger partial charge in [0.1, 0.15) is 0 Å². The fourth-order valence-electron chi connectivity index (χ4n) is 4.76. The number of hydrogen-bond acceptors (Lipinski definition) is 9. The fourth-order valence-corrected chi connectivity index (χ4v) is 5.59. The maximum absolute atomic E-state index is 13.6. The minimum atomic E-state index is -0.911. The number of ketones is 1. The molecule has 190 valence electrons. The van der Waals surface area contributed by atoms with Crippen LogP contribution in [0.3, 0.4) is 0 Å². The third-order valence-corrected chi connectivity index (χ3v) is 7.40. The number of Topliss-reactive ketones (excluding diaryl/α,β-unsaturated/α-hetero) is 1. The topological polar surface area (TPSA) is 128 Å². The van der Waals surface area contributed by atoms with Gasteiger partial charge in [0, 0.05) is 46.2 Å². The molecule has 1 aliphatic carbocycles. The molecule has 1 aliphatic heterocycles. The average Bonchev–Trinajstić information content (AvgIpc) is 3.36.